The van der Waals surface area contributed by atoms with Gasteiger partial charge in [0.25, 0.3) is 0 Å². The first-order valence-electron chi connectivity index (χ1n) is 5.55. The van der Waals surface area contributed by atoms with Gasteiger partial charge in [-0.05, 0) is 24.3 Å². The van der Waals surface area contributed by atoms with Crippen molar-refractivity contribution in [1.82, 2.24) is 4.72 Å². The van der Waals surface area contributed by atoms with Crippen LogP contribution in [0.4, 0.5) is 8.78 Å². The third kappa shape index (κ3) is 3.26. The minimum absolute atomic E-state index is 0.258. The summed E-state index contributed by atoms with van der Waals surface area (Å²) in [5.41, 5.74) is -0.674. The average molecular weight is 317 g/mol. The third-order valence-corrected chi connectivity index (χ3v) is 3.95. The van der Waals surface area contributed by atoms with Crippen LogP contribution in [0.2, 0.25) is 0 Å². The van der Waals surface area contributed by atoms with Gasteiger partial charge in [0.05, 0.1) is 18.4 Å². The molecule has 0 spiro atoms. The van der Waals surface area contributed by atoms with E-state index in [0.29, 0.717) is 12.1 Å². The van der Waals surface area contributed by atoms with Gasteiger partial charge >= 0.3 is 5.97 Å². The van der Waals surface area contributed by atoms with Crippen molar-refractivity contribution in [3.63, 3.8) is 0 Å². The van der Waals surface area contributed by atoms with Gasteiger partial charge in [0.2, 0.25) is 10.0 Å². The molecule has 0 saturated heterocycles. The number of rotatable bonds is 5. The number of hydrogen-bond acceptors (Lipinski definition) is 4. The summed E-state index contributed by atoms with van der Waals surface area (Å²) < 4.78 is 57.6. The number of benzene rings is 1. The van der Waals surface area contributed by atoms with Crippen LogP contribution in [-0.4, -0.2) is 19.5 Å². The molecule has 0 unspecified atom stereocenters. The second-order valence-electron chi connectivity index (χ2n) is 3.98. The first-order chi connectivity index (χ1) is 9.81. The van der Waals surface area contributed by atoms with E-state index in [1.165, 1.54) is 18.4 Å². The number of halogens is 2. The Hall–Kier alpha value is -2.26. The monoisotopic (exact) mass is 317 g/mol. The molecule has 0 aliphatic rings. The topological polar surface area (TPSA) is 96.6 Å². The SMILES string of the molecule is O=C(O)c1cc(F)c(F)c(S(=O)(=O)NCc2ccco2)c1. The lowest BCUT2D eigenvalue weighted by Gasteiger charge is -2.08. The van der Waals surface area contributed by atoms with E-state index >= 15 is 0 Å². The van der Waals surface area contributed by atoms with Crippen molar-refractivity contribution in [1.29, 1.82) is 0 Å². The molecule has 0 saturated carbocycles. The van der Waals surface area contributed by atoms with Gasteiger partial charge in [-0.1, -0.05) is 0 Å². The predicted octanol–water partition coefficient (Wildman–Crippen LogP) is 1.73. The number of sulfonamides is 1. The van der Waals surface area contributed by atoms with Crippen molar-refractivity contribution in [3.05, 3.63) is 53.5 Å². The smallest absolute Gasteiger partial charge is 0.335 e. The van der Waals surface area contributed by atoms with Crippen LogP contribution in [0.1, 0.15) is 16.1 Å². The van der Waals surface area contributed by atoms with E-state index in [-0.39, 0.29) is 12.3 Å². The van der Waals surface area contributed by atoms with E-state index < -0.39 is 38.1 Å². The molecule has 0 bridgehead atoms. The van der Waals surface area contributed by atoms with Crippen LogP contribution in [0.3, 0.4) is 0 Å². The summed E-state index contributed by atoms with van der Waals surface area (Å²) in [5, 5.41) is 8.75. The number of carboxylic acid groups (broad SMARTS) is 1. The lowest BCUT2D eigenvalue weighted by Crippen LogP contribution is -2.24. The summed E-state index contributed by atoms with van der Waals surface area (Å²) in [6, 6.07) is 3.95. The molecule has 1 heterocycles. The lowest BCUT2D eigenvalue weighted by molar-refractivity contribution is 0.0696. The van der Waals surface area contributed by atoms with Gasteiger partial charge in [-0.2, -0.15) is 0 Å². The fourth-order valence-corrected chi connectivity index (χ4v) is 2.64. The summed E-state index contributed by atoms with van der Waals surface area (Å²) >= 11 is 0. The van der Waals surface area contributed by atoms with Gasteiger partial charge in [-0.25, -0.2) is 26.7 Å². The Balaban J connectivity index is 2.37. The minimum Gasteiger partial charge on any atom is -0.478 e. The van der Waals surface area contributed by atoms with Crippen molar-refractivity contribution in [3.8, 4) is 0 Å². The molecule has 9 heteroatoms. The number of carboxylic acids is 1. The highest BCUT2D eigenvalue weighted by atomic mass is 32.2. The summed E-state index contributed by atoms with van der Waals surface area (Å²) in [4.78, 5) is 9.69. The fraction of sp³-hybridized carbons (Fsp3) is 0.0833. The van der Waals surface area contributed by atoms with Gasteiger partial charge in [0.15, 0.2) is 11.6 Å². The highest BCUT2D eigenvalue weighted by Crippen LogP contribution is 2.20. The van der Waals surface area contributed by atoms with Crippen LogP contribution < -0.4 is 4.72 Å². The van der Waals surface area contributed by atoms with Crippen molar-refractivity contribution in [2.24, 2.45) is 0 Å². The van der Waals surface area contributed by atoms with E-state index in [1.807, 2.05) is 4.72 Å². The maximum absolute atomic E-state index is 13.6. The number of aromatic carboxylic acids is 1. The number of carbonyl (C=O) groups is 1. The molecule has 1 aromatic heterocycles. The first kappa shape index (κ1) is 15.1. The zero-order valence-electron chi connectivity index (χ0n) is 10.3. The quantitative estimate of drug-likeness (QED) is 0.875. The lowest BCUT2D eigenvalue weighted by atomic mass is 10.2. The minimum atomic E-state index is -4.43. The Kier molecular flexibility index (Phi) is 4.05. The molecule has 112 valence electrons. The standard InChI is InChI=1S/C12H9F2NO5S/c13-9-4-7(12(16)17)5-10(11(9)14)21(18,19)15-6-8-2-1-3-20-8/h1-5,15H,6H2,(H,16,17). The highest BCUT2D eigenvalue weighted by molar-refractivity contribution is 7.89. The van der Waals surface area contributed by atoms with Crippen LogP contribution in [0, 0.1) is 11.6 Å². The second kappa shape index (κ2) is 5.62. The molecular formula is C12H9F2NO5S. The Bertz CT molecular complexity index is 771. The summed E-state index contributed by atoms with van der Waals surface area (Å²) in [5.74, 6) is -4.52. The number of nitrogens with one attached hydrogen (secondary N) is 1. The molecule has 2 rings (SSSR count). The molecular weight excluding hydrogens is 308 g/mol. The molecule has 0 aliphatic carbocycles. The summed E-state index contributed by atoms with van der Waals surface area (Å²) in [6.07, 6.45) is 1.31. The Labute approximate surface area is 118 Å². The van der Waals surface area contributed by atoms with Crippen molar-refractivity contribution >= 4 is 16.0 Å². The molecule has 2 N–H and O–H groups in total. The van der Waals surface area contributed by atoms with Gasteiger partial charge in [0, 0.05) is 0 Å². The summed E-state index contributed by atoms with van der Waals surface area (Å²) in [6.45, 7) is -0.284. The Morgan fingerprint density at radius 2 is 2.05 bits per heavy atom. The molecule has 0 atom stereocenters. The summed E-state index contributed by atoms with van der Waals surface area (Å²) in [7, 11) is -4.43. The maximum Gasteiger partial charge on any atom is 0.335 e. The van der Waals surface area contributed by atoms with Gasteiger partial charge < -0.3 is 9.52 Å². The van der Waals surface area contributed by atoms with Crippen LogP contribution >= 0.6 is 0 Å². The van der Waals surface area contributed by atoms with Gasteiger partial charge in [-0.3, -0.25) is 0 Å². The number of hydrogen-bond donors (Lipinski definition) is 2. The van der Waals surface area contributed by atoms with Crippen molar-refractivity contribution < 1.29 is 31.5 Å². The van der Waals surface area contributed by atoms with E-state index in [9.17, 15) is 22.0 Å². The van der Waals surface area contributed by atoms with E-state index in [0.717, 1.165) is 0 Å². The third-order valence-electron chi connectivity index (χ3n) is 2.55. The highest BCUT2D eigenvalue weighted by Gasteiger charge is 2.24. The van der Waals surface area contributed by atoms with Crippen LogP contribution in [-0.2, 0) is 16.6 Å². The van der Waals surface area contributed by atoms with Gasteiger partial charge in [0.1, 0.15) is 10.7 Å². The van der Waals surface area contributed by atoms with Crippen LogP contribution in [0.25, 0.3) is 0 Å². The largest absolute Gasteiger partial charge is 0.478 e. The van der Waals surface area contributed by atoms with Crippen molar-refractivity contribution in [2.45, 2.75) is 11.4 Å². The first-order valence-corrected chi connectivity index (χ1v) is 7.04. The van der Waals surface area contributed by atoms with E-state index in [1.54, 1.807) is 0 Å². The molecule has 1 aromatic carbocycles. The molecule has 21 heavy (non-hydrogen) atoms. The van der Waals surface area contributed by atoms with Crippen LogP contribution in [0.5, 0.6) is 0 Å². The average Bonchev–Trinajstić information content (AvgIpc) is 2.92. The van der Waals surface area contributed by atoms with Crippen molar-refractivity contribution in [2.75, 3.05) is 0 Å². The predicted molar refractivity (Wildman–Crippen MR) is 66.1 cm³/mol. The Morgan fingerprint density at radius 3 is 2.62 bits per heavy atom. The zero-order chi connectivity index (χ0) is 15.6. The Morgan fingerprint density at radius 1 is 1.33 bits per heavy atom. The zero-order valence-corrected chi connectivity index (χ0v) is 11.2. The fourth-order valence-electron chi connectivity index (χ4n) is 1.54. The van der Waals surface area contributed by atoms with E-state index in [4.69, 9.17) is 9.52 Å². The molecule has 6 nitrogen and oxygen atoms in total. The maximum atomic E-state index is 13.6. The van der Waals surface area contributed by atoms with Crippen LogP contribution in [0.15, 0.2) is 39.8 Å². The molecule has 0 fully saturated rings. The molecule has 0 radical (unpaired) electrons. The van der Waals surface area contributed by atoms with E-state index in [2.05, 4.69) is 0 Å². The van der Waals surface area contributed by atoms with Gasteiger partial charge in [-0.15, -0.1) is 0 Å². The molecule has 0 amide bonds. The molecule has 2 aromatic rings. The molecule has 0 aliphatic heterocycles. The second-order valence-corrected chi connectivity index (χ2v) is 5.71. The number of furan rings is 1. The normalized spacial score (nSPS) is 11.5.